The van der Waals surface area contributed by atoms with Gasteiger partial charge >= 0.3 is 5.97 Å². The van der Waals surface area contributed by atoms with Crippen molar-refractivity contribution in [3.63, 3.8) is 0 Å². The third-order valence-corrected chi connectivity index (χ3v) is 4.23. The van der Waals surface area contributed by atoms with Crippen LogP contribution in [0.2, 0.25) is 0 Å². The van der Waals surface area contributed by atoms with Gasteiger partial charge in [-0.25, -0.2) is 0 Å². The third kappa shape index (κ3) is 3.32. The quantitative estimate of drug-likeness (QED) is 0.810. The van der Waals surface area contributed by atoms with Crippen molar-refractivity contribution in [3.05, 3.63) is 29.7 Å². The Balaban J connectivity index is 1.79. The largest absolute Gasteiger partial charge is 0.480 e. The van der Waals surface area contributed by atoms with E-state index < -0.39 is 5.97 Å². The number of nitrogens with zero attached hydrogens (tertiary/aromatic N) is 4. The van der Waals surface area contributed by atoms with Gasteiger partial charge in [-0.2, -0.15) is 10.2 Å². The van der Waals surface area contributed by atoms with E-state index in [4.69, 9.17) is 5.11 Å². The number of hydrogen-bond acceptors (Lipinski definition) is 4. The maximum Gasteiger partial charge on any atom is 0.325 e. The fourth-order valence-electron chi connectivity index (χ4n) is 2.67. The van der Waals surface area contributed by atoms with Gasteiger partial charge in [-0.05, 0) is 26.2 Å². The molecule has 1 atom stereocenters. The number of rotatable bonds is 7. The Labute approximate surface area is 139 Å². The highest BCUT2D eigenvalue weighted by molar-refractivity contribution is 6.04. The molecule has 1 fully saturated rings. The first-order chi connectivity index (χ1) is 11.5. The molecular formula is C16H21N5O3. The molecule has 0 aromatic carbocycles. The fourth-order valence-corrected chi connectivity index (χ4v) is 2.67. The van der Waals surface area contributed by atoms with Crippen molar-refractivity contribution in [2.75, 3.05) is 5.32 Å². The Morgan fingerprint density at radius 1 is 1.46 bits per heavy atom. The lowest BCUT2D eigenvalue weighted by atomic mass is 10.1. The predicted octanol–water partition coefficient (Wildman–Crippen LogP) is 2.26. The number of nitrogens with one attached hydrogen (secondary N) is 1. The summed E-state index contributed by atoms with van der Waals surface area (Å²) in [5, 5.41) is 19.9. The molecule has 2 heterocycles. The second kappa shape index (κ2) is 6.46. The van der Waals surface area contributed by atoms with Crippen LogP contribution in [0.1, 0.15) is 61.1 Å². The standard InChI is InChI=1S/C16H21N5O3/c1-3-10(2)21-15(11-4-5-11)12(8-17-21)16(24)18-13-6-7-20(19-13)9-14(22)23/h6-8,10-11H,3-5,9H2,1-2H3,(H,22,23)(H,18,19,24). The molecule has 0 saturated heterocycles. The summed E-state index contributed by atoms with van der Waals surface area (Å²) in [4.78, 5) is 23.3. The van der Waals surface area contributed by atoms with Crippen molar-refractivity contribution < 1.29 is 14.7 Å². The van der Waals surface area contributed by atoms with E-state index in [2.05, 4.69) is 29.4 Å². The van der Waals surface area contributed by atoms with Crippen LogP contribution in [-0.2, 0) is 11.3 Å². The van der Waals surface area contributed by atoms with E-state index in [9.17, 15) is 9.59 Å². The lowest BCUT2D eigenvalue weighted by Gasteiger charge is -2.14. The average Bonchev–Trinajstić information content (AvgIpc) is 3.13. The zero-order valence-corrected chi connectivity index (χ0v) is 13.8. The first-order valence-corrected chi connectivity index (χ1v) is 8.13. The molecule has 3 rings (SSSR count). The number of aromatic nitrogens is 4. The Morgan fingerprint density at radius 3 is 2.83 bits per heavy atom. The normalized spacial score (nSPS) is 15.2. The summed E-state index contributed by atoms with van der Waals surface area (Å²) >= 11 is 0. The molecule has 1 unspecified atom stereocenters. The zero-order valence-electron chi connectivity index (χ0n) is 13.8. The smallest absolute Gasteiger partial charge is 0.325 e. The predicted molar refractivity (Wildman–Crippen MR) is 87.0 cm³/mol. The van der Waals surface area contributed by atoms with Gasteiger partial charge in [0.05, 0.1) is 17.5 Å². The summed E-state index contributed by atoms with van der Waals surface area (Å²) in [5.41, 5.74) is 1.57. The van der Waals surface area contributed by atoms with Crippen LogP contribution in [-0.4, -0.2) is 36.5 Å². The molecule has 2 N–H and O–H groups in total. The van der Waals surface area contributed by atoms with Crippen LogP contribution < -0.4 is 5.32 Å². The van der Waals surface area contributed by atoms with Crippen LogP contribution in [0.4, 0.5) is 5.82 Å². The van der Waals surface area contributed by atoms with Crippen molar-refractivity contribution in [1.82, 2.24) is 19.6 Å². The van der Waals surface area contributed by atoms with Crippen LogP contribution in [0.3, 0.4) is 0 Å². The molecule has 128 valence electrons. The summed E-state index contributed by atoms with van der Waals surface area (Å²) in [6, 6.07) is 1.83. The highest BCUT2D eigenvalue weighted by Gasteiger charge is 2.33. The zero-order chi connectivity index (χ0) is 17.3. The summed E-state index contributed by atoms with van der Waals surface area (Å²) in [5.74, 6) is -0.514. The van der Waals surface area contributed by atoms with Gasteiger partial charge in [0.1, 0.15) is 6.54 Å². The van der Waals surface area contributed by atoms with Crippen molar-refractivity contribution in [2.24, 2.45) is 0 Å². The molecule has 2 aromatic heterocycles. The van der Waals surface area contributed by atoms with Crippen LogP contribution in [0, 0.1) is 0 Å². The summed E-state index contributed by atoms with van der Waals surface area (Å²) in [6.07, 6.45) is 6.24. The van der Waals surface area contributed by atoms with Crippen molar-refractivity contribution in [1.29, 1.82) is 0 Å². The Bertz CT molecular complexity index is 760. The molecule has 8 heteroatoms. The van der Waals surface area contributed by atoms with E-state index in [1.165, 1.54) is 10.9 Å². The van der Waals surface area contributed by atoms with Gasteiger partial charge in [-0.15, -0.1) is 0 Å². The number of carboxylic acids is 1. The van der Waals surface area contributed by atoms with Gasteiger partial charge in [0.2, 0.25) is 0 Å². The third-order valence-electron chi connectivity index (χ3n) is 4.23. The number of carbonyl (C=O) groups is 2. The maximum atomic E-state index is 12.6. The van der Waals surface area contributed by atoms with Crippen LogP contribution >= 0.6 is 0 Å². The number of anilines is 1. The number of carboxylic acid groups (broad SMARTS) is 1. The van der Waals surface area contributed by atoms with Gasteiger partial charge < -0.3 is 10.4 Å². The molecule has 2 aromatic rings. The van der Waals surface area contributed by atoms with Crippen LogP contribution in [0.25, 0.3) is 0 Å². The summed E-state index contributed by atoms with van der Waals surface area (Å²) < 4.78 is 3.22. The highest BCUT2D eigenvalue weighted by Crippen LogP contribution is 2.42. The van der Waals surface area contributed by atoms with Crippen molar-refractivity contribution in [3.8, 4) is 0 Å². The first kappa shape index (κ1) is 16.2. The Morgan fingerprint density at radius 2 is 2.21 bits per heavy atom. The van der Waals surface area contributed by atoms with E-state index in [1.54, 1.807) is 12.3 Å². The lowest BCUT2D eigenvalue weighted by Crippen LogP contribution is -2.16. The topological polar surface area (TPSA) is 102 Å². The average molecular weight is 331 g/mol. The number of amides is 1. The van der Waals surface area contributed by atoms with E-state index in [-0.39, 0.29) is 18.5 Å². The molecule has 1 saturated carbocycles. The maximum absolute atomic E-state index is 12.6. The SMILES string of the molecule is CCC(C)n1ncc(C(=O)Nc2ccn(CC(=O)O)n2)c1C1CC1. The molecule has 24 heavy (non-hydrogen) atoms. The lowest BCUT2D eigenvalue weighted by molar-refractivity contribution is -0.137. The molecule has 0 spiro atoms. The van der Waals surface area contributed by atoms with Gasteiger partial charge in [-0.1, -0.05) is 6.92 Å². The monoisotopic (exact) mass is 331 g/mol. The van der Waals surface area contributed by atoms with E-state index in [0.717, 1.165) is 25.0 Å². The van der Waals surface area contributed by atoms with Crippen LogP contribution in [0.5, 0.6) is 0 Å². The summed E-state index contributed by atoms with van der Waals surface area (Å²) in [7, 11) is 0. The molecule has 1 aliphatic rings. The van der Waals surface area contributed by atoms with E-state index in [1.807, 2.05) is 4.68 Å². The molecule has 0 bridgehead atoms. The fraction of sp³-hybridized carbons (Fsp3) is 0.500. The Kier molecular flexibility index (Phi) is 4.37. The van der Waals surface area contributed by atoms with Gasteiger partial charge in [0.15, 0.2) is 5.82 Å². The van der Waals surface area contributed by atoms with Crippen molar-refractivity contribution in [2.45, 2.75) is 51.6 Å². The molecule has 1 amide bonds. The van der Waals surface area contributed by atoms with E-state index >= 15 is 0 Å². The summed E-state index contributed by atoms with van der Waals surface area (Å²) in [6.45, 7) is 3.95. The number of carbonyl (C=O) groups excluding carboxylic acids is 1. The van der Waals surface area contributed by atoms with Gasteiger partial charge in [-0.3, -0.25) is 19.0 Å². The molecule has 8 nitrogen and oxygen atoms in total. The second-order valence-corrected chi connectivity index (χ2v) is 6.17. The first-order valence-electron chi connectivity index (χ1n) is 8.13. The molecule has 0 aliphatic heterocycles. The second-order valence-electron chi connectivity index (χ2n) is 6.17. The highest BCUT2D eigenvalue weighted by atomic mass is 16.4. The minimum absolute atomic E-state index is 0.241. The van der Waals surface area contributed by atoms with E-state index in [0.29, 0.717) is 17.3 Å². The molecule has 1 aliphatic carbocycles. The Hall–Kier alpha value is -2.64. The minimum Gasteiger partial charge on any atom is -0.480 e. The van der Waals surface area contributed by atoms with Gasteiger partial charge in [0.25, 0.3) is 5.91 Å². The molecule has 0 radical (unpaired) electrons. The number of aliphatic carboxylic acids is 1. The van der Waals surface area contributed by atoms with Crippen LogP contribution in [0.15, 0.2) is 18.5 Å². The minimum atomic E-state index is -0.984. The van der Waals surface area contributed by atoms with Gasteiger partial charge in [0, 0.05) is 24.2 Å². The molecular weight excluding hydrogens is 310 g/mol. The van der Waals surface area contributed by atoms with Crippen molar-refractivity contribution >= 4 is 17.7 Å². The number of hydrogen-bond donors (Lipinski definition) is 2.